The van der Waals surface area contributed by atoms with Crippen molar-refractivity contribution in [2.75, 3.05) is 7.11 Å². The van der Waals surface area contributed by atoms with E-state index < -0.39 is 0 Å². The highest BCUT2D eigenvalue weighted by Gasteiger charge is 2.12. The van der Waals surface area contributed by atoms with E-state index in [-0.39, 0.29) is 0 Å². The van der Waals surface area contributed by atoms with Crippen LogP contribution in [0.2, 0.25) is 0 Å². The van der Waals surface area contributed by atoms with E-state index in [0.717, 1.165) is 13.0 Å². The molecule has 1 nitrogen and oxygen atoms in total. The Bertz CT molecular complexity index is 23.1. The van der Waals surface area contributed by atoms with Crippen LogP contribution in [0.5, 0.6) is 0 Å². The van der Waals surface area contributed by atoms with E-state index in [9.17, 15) is 0 Å². The van der Waals surface area contributed by atoms with Gasteiger partial charge in [0, 0.05) is 7.11 Å². The van der Waals surface area contributed by atoms with Gasteiger partial charge in [-0.3, -0.25) is 0 Å². The smallest absolute Gasteiger partial charge is 0.0319 e. The Labute approximate surface area is 39.0 Å². The molecule has 1 aliphatic rings. The first-order valence-electron chi connectivity index (χ1n) is 2.34. The van der Waals surface area contributed by atoms with Gasteiger partial charge in [0.1, 0.15) is 0 Å². The summed E-state index contributed by atoms with van der Waals surface area (Å²) >= 11 is 0. The standard InChI is InChI=1S/C4H8.CH4O/c1-4-2-3-4;1-2/h4H,2-3H2,1H3;2H,1H3. The van der Waals surface area contributed by atoms with Crippen LogP contribution < -0.4 is 0 Å². The molecule has 1 aliphatic carbocycles. The summed E-state index contributed by atoms with van der Waals surface area (Å²) in [5.41, 5.74) is 0. The van der Waals surface area contributed by atoms with Gasteiger partial charge in [0.25, 0.3) is 0 Å². The lowest BCUT2D eigenvalue weighted by molar-refractivity contribution is 0.399. The fraction of sp³-hybridized carbons (Fsp3) is 1.00. The number of aliphatic hydroxyl groups excluding tert-OH is 1. The first-order chi connectivity index (χ1) is 2.89. The molecule has 0 bridgehead atoms. The van der Waals surface area contributed by atoms with Crippen molar-refractivity contribution in [1.29, 1.82) is 0 Å². The van der Waals surface area contributed by atoms with Gasteiger partial charge in [-0.1, -0.05) is 19.8 Å². The quantitative estimate of drug-likeness (QED) is 0.469. The molecular formula is C5H12O. The van der Waals surface area contributed by atoms with Gasteiger partial charge < -0.3 is 5.11 Å². The number of rotatable bonds is 0. The number of hydrogen-bond acceptors (Lipinski definition) is 1. The SMILES string of the molecule is CC1CC1.CO. The van der Waals surface area contributed by atoms with Gasteiger partial charge >= 0.3 is 0 Å². The molecule has 6 heavy (non-hydrogen) atoms. The third kappa shape index (κ3) is 3.96. The fourth-order valence-corrected chi connectivity index (χ4v) is 0.167. The van der Waals surface area contributed by atoms with Crippen LogP contribution in [-0.4, -0.2) is 12.2 Å². The predicted molar refractivity (Wildman–Crippen MR) is 26.5 cm³/mol. The molecule has 0 saturated heterocycles. The zero-order valence-corrected chi connectivity index (χ0v) is 4.44. The van der Waals surface area contributed by atoms with Gasteiger partial charge in [-0.25, -0.2) is 0 Å². The molecule has 0 aromatic carbocycles. The highest BCUT2D eigenvalue weighted by atomic mass is 16.2. The Morgan fingerprint density at radius 3 is 1.50 bits per heavy atom. The van der Waals surface area contributed by atoms with Crippen molar-refractivity contribution in [2.24, 2.45) is 5.92 Å². The summed E-state index contributed by atoms with van der Waals surface area (Å²) in [6.07, 6.45) is 2.97. The first kappa shape index (κ1) is 5.96. The van der Waals surface area contributed by atoms with Gasteiger partial charge in [-0.05, 0) is 5.92 Å². The van der Waals surface area contributed by atoms with Crippen LogP contribution in [-0.2, 0) is 0 Å². The summed E-state index contributed by atoms with van der Waals surface area (Å²) in [6.45, 7) is 2.28. The van der Waals surface area contributed by atoms with Crippen molar-refractivity contribution < 1.29 is 5.11 Å². The van der Waals surface area contributed by atoms with Crippen molar-refractivity contribution in [3.63, 3.8) is 0 Å². The number of hydrogen-bond donors (Lipinski definition) is 1. The molecule has 38 valence electrons. The molecule has 1 saturated carbocycles. The van der Waals surface area contributed by atoms with E-state index in [4.69, 9.17) is 5.11 Å². The van der Waals surface area contributed by atoms with E-state index in [0.29, 0.717) is 0 Å². The molecule has 0 spiro atoms. The lowest BCUT2D eigenvalue weighted by atomic mass is 10.5. The Morgan fingerprint density at radius 2 is 1.50 bits per heavy atom. The Hall–Kier alpha value is -0.0400. The average Bonchev–Trinajstić information content (AvgIpc) is 2.30. The molecule has 0 aromatic heterocycles. The average molecular weight is 88.1 g/mol. The molecule has 0 atom stereocenters. The summed E-state index contributed by atoms with van der Waals surface area (Å²) in [5.74, 6) is 1.08. The summed E-state index contributed by atoms with van der Waals surface area (Å²) < 4.78 is 0. The van der Waals surface area contributed by atoms with E-state index in [1.165, 1.54) is 12.8 Å². The van der Waals surface area contributed by atoms with Gasteiger partial charge in [0.2, 0.25) is 0 Å². The summed E-state index contributed by atoms with van der Waals surface area (Å²) in [6, 6.07) is 0. The molecule has 0 amide bonds. The predicted octanol–water partition coefficient (Wildman–Crippen LogP) is 1.02. The summed E-state index contributed by atoms with van der Waals surface area (Å²) in [5, 5.41) is 7.00. The molecule has 1 heteroatoms. The monoisotopic (exact) mass is 88.1 g/mol. The minimum Gasteiger partial charge on any atom is -0.400 e. The third-order valence-electron chi connectivity index (χ3n) is 0.866. The minimum absolute atomic E-state index is 1.00. The molecule has 0 heterocycles. The highest BCUT2D eigenvalue weighted by Crippen LogP contribution is 2.26. The second-order valence-electron chi connectivity index (χ2n) is 1.68. The van der Waals surface area contributed by atoms with Crippen LogP contribution in [0.3, 0.4) is 0 Å². The van der Waals surface area contributed by atoms with E-state index in [1.54, 1.807) is 0 Å². The molecule has 0 aromatic rings. The zero-order chi connectivity index (χ0) is 4.99. The second-order valence-corrected chi connectivity index (χ2v) is 1.68. The maximum atomic E-state index is 7.00. The molecule has 0 unspecified atom stereocenters. The molecular weight excluding hydrogens is 76.1 g/mol. The Kier molecular flexibility index (Phi) is 3.14. The molecule has 0 radical (unpaired) electrons. The zero-order valence-electron chi connectivity index (χ0n) is 4.44. The highest BCUT2D eigenvalue weighted by molar-refractivity contribution is 4.65. The normalized spacial score (nSPS) is 18.5. The van der Waals surface area contributed by atoms with Gasteiger partial charge in [0.15, 0.2) is 0 Å². The van der Waals surface area contributed by atoms with Crippen molar-refractivity contribution in [3.8, 4) is 0 Å². The summed E-state index contributed by atoms with van der Waals surface area (Å²) in [7, 11) is 1.00. The second kappa shape index (κ2) is 3.16. The minimum atomic E-state index is 1.00. The Balaban J connectivity index is 0.000000112. The molecule has 1 rings (SSSR count). The maximum absolute atomic E-state index is 7.00. The van der Waals surface area contributed by atoms with Crippen LogP contribution in [0.1, 0.15) is 19.8 Å². The molecule has 1 fully saturated rings. The fourth-order valence-electron chi connectivity index (χ4n) is 0.167. The maximum Gasteiger partial charge on any atom is 0.0319 e. The van der Waals surface area contributed by atoms with Gasteiger partial charge in [-0.2, -0.15) is 0 Å². The van der Waals surface area contributed by atoms with E-state index in [2.05, 4.69) is 6.92 Å². The molecule has 1 N–H and O–H groups in total. The van der Waals surface area contributed by atoms with Crippen LogP contribution in [0.25, 0.3) is 0 Å². The summed E-state index contributed by atoms with van der Waals surface area (Å²) in [4.78, 5) is 0. The van der Waals surface area contributed by atoms with Crippen molar-refractivity contribution >= 4 is 0 Å². The largest absolute Gasteiger partial charge is 0.400 e. The Morgan fingerprint density at radius 1 is 1.33 bits per heavy atom. The van der Waals surface area contributed by atoms with Crippen LogP contribution in [0.15, 0.2) is 0 Å². The topological polar surface area (TPSA) is 20.2 Å². The van der Waals surface area contributed by atoms with Crippen LogP contribution in [0.4, 0.5) is 0 Å². The van der Waals surface area contributed by atoms with E-state index >= 15 is 0 Å². The van der Waals surface area contributed by atoms with Crippen molar-refractivity contribution in [1.82, 2.24) is 0 Å². The lowest BCUT2D eigenvalue weighted by Crippen LogP contribution is -1.42. The lowest BCUT2D eigenvalue weighted by Gasteiger charge is -1.53. The van der Waals surface area contributed by atoms with Crippen molar-refractivity contribution in [3.05, 3.63) is 0 Å². The van der Waals surface area contributed by atoms with Crippen LogP contribution >= 0.6 is 0 Å². The van der Waals surface area contributed by atoms with Crippen LogP contribution in [0, 0.1) is 5.92 Å². The van der Waals surface area contributed by atoms with Crippen molar-refractivity contribution in [2.45, 2.75) is 19.8 Å². The van der Waals surface area contributed by atoms with Gasteiger partial charge in [0.05, 0.1) is 0 Å². The first-order valence-corrected chi connectivity index (χ1v) is 2.34. The molecule has 0 aliphatic heterocycles. The number of aliphatic hydroxyl groups is 1. The van der Waals surface area contributed by atoms with E-state index in [1.807, 2.05) is 0 Å². The van der Waals surface area contributed by atoms with Gasteiger partial charge in [-0.15, -0.1) is 0 Å². The third-order valence-corrected chi connectivity index (χ3v) is 0.866.